The number of methoxy groups -OCH3 is 4. The molecule has 0 saturated heterocycles. The monoisotopic (exact) mass is 594 g/mol. The highest BCUT2D eigenvalue weighted by atomic mass is 16.5. The van der Waals surface area contributed by atoms with E-state index in [1.54, 1.807) is 48.5 Å². The normalized spacial score (nSPS) is 11.1. The van der Waals surface area contributed by atoms with Crippen LogP contribution in [0.15, 0.2) is 91.2 Å². The van der Waals surface area contributed by atoms with Gasteiger partial charge in [0.15, 0.2) is 45.0 Å². The molecular formula is C34H26O10. The maximum atomic E-state index is 13.7. The van der Waals surface area contributed by atoms with Crippen LogP contribution in [-0.2, 0) is 0 Å². The first-order valence-electron chi connectivity index (χ1n) is 13.3. The van der Waals surface area contributed by atoms with Gasteiger partial charge in [-0.2, -0.15) is 0 Å². The fourth-order valence-corrected chi connectivity index (χ4v) is 5.38. The summed E-state index contributed by atoms with van der Waals surface area (Å²) in [7, 11) is 5.20. The summed E-state index contributed by atoms with van der Waals surface area (Å²) in [6.45, 7) is 0. The summed E-state index contributed by atoms with van der Waals surface area (Å²) in [6.07, 6.45) is 0. The highest BCUT2D eigenvalue weighted by molar-refractivity contribution is 6.11. The average molecular weight is 595 g/mol. The number of benzene rings is 4. The largest absolute Gasteiger partial charge is 0.504 e. The summed E-state index contributed by atoms with van der Waals surface area (Å²) in [5.74, 6) is -1.36. The summed E-state index contributed by atoms with van der Waals surface area (Å²) in [6, 6.07) is 20.3. The van der Waals surface area contributed by atoms with Crippen molar-refractivity contribution in [2.75, 3.05) is 28.4 Å². The quantitative estimate of drug-likeness (QED) is 0.215. The number of hydrogen-bond donors (Lipinski definition) is 2. The summed E-state index contributed by atoms with van der Waals surface area (Å²) < 4.78 is 34.7. The fourth-order valence-electron chi connectivity index (χ4n) is 5.38. The first-order valence-corrected chi connectivity index (χ1v) is 13.3. The molecule has 0 spiro atoms. The molecule has 44 heavy (non-hydrogen) atoms. The van der Waals surface area contributed by atoms with Crippen LogP contribution in [0.3, 0.4) is 0 Å². The van der Waals surface area contributed by atoms with E-state index >= 15 is 0 Å². The molecule has 6 aromatic rings. The minimum atomic E-state index is -0.554. The summed E-state index contributed by atoms with van der Waals surface area (Å²) in [5, 5.41) is 23.4. The molecule has 222 valence electrons. The fraction of sp³-hybridized carbons (Fsp3) is 0.118. The average Bonchev–Trinajstić information content (AvgIpc) is 3.05. The van der Waals surface area contributed by atoms with E-state index in [4.69, 9.17) is 27.8 Å². The zero-order valence-electron chi connectivity index (χ0n) is 24.1. The van der Waals surface area contributed by atoms with Crippen LogP contribution >= 0.6 is 0 Å². The second-order valence-corrected chi connectivity index (χ2v) is 9.67. The topological polar surface area (TPSA) is 138 Å². The predicted molar refractivity (Wildman–Crippen MR) is 164 cm³/mol. The van der Waals surface area contributed by atoms with Gasteiger partial charge in [-0.15, -0.1) is 0 Å². The molecule has 2 heterocycles. The minimum Gasteiger partial charge on any atom is -0.504 e. The number of ether oxygens (including phenoxy) is 4. The van der Waals surface area contributed by atoms with Gasteiger partial charge < -0.3 is 38.0 Å². The van der Waals surface area contributed by atoms with Crippen molar-refractivity contribution in [2.45, 2.75) is 0 Å². The van der Waals surface area contributed by atoms with Crippen LogP contribution in [0, 0.1) is 0 Å². The van der Waals surface area contributed by atoms with Crippen molar-refractivity contribution in [2.24, 2.45) is 0 Å². The first kappa shape index (κ1) is 28.2. The molecule has 6 rings (SSSR count). The third kappa shape index (κ3) is 4.27. The van der Waals surface area contributed by atoms with Gasteiger partial charge >= 0.3 is 0 Å². The standard InChI is InChI=1S/C34H26O10/c1-39-31-23-19(35)15-21(17-11-7-5-8-12-17)43-29(23)25(27(37)33(31)41-3)26-28(38)34(42-4)32(40-2)24-20(36)16-22(44-30(24)26)18-13-9-6-10-14-18/h5-16,37-38H,1-4H3. The Bertz CT molecular complexity index is 2010. The van der Waals surface area contributed by atoms with E-state index < -0.39 is 22.4 Å². The summed E-state index contributed by atoms with van der Waals surface area (Å²) >= 11 is 0. The van der Waals surface area contributed by atoms with Crippen LogP contribution in [0.1, 0.15) is 0 Å². The van der Waals surface area contributed by atoms with Crippen LogP contribution in [0.4, 0.5) is 0 Å². The highest BCUT2D eigenvalue weighted by Crippen LogP contribution is 2.57. The SMILES string of the molecule is COc1c(O)c(-c2c(O)c(OC)c(OC)c3c(=O)cc(-c4ccccc4)oc23)c2oc(-c3ccccc3)cc(=O)c2c1OC. The van der Waals surface area contributed by atoms with Gasteiger partial charge in [0.2, 0.25) is 11.5 Å². The van der Waals surface area contributed by atoms with E-state index in [1.807, 2.05) is 12.1 Å². The number of rotatable bonds is 7. The van der Waals surface area contributed by atoms with E-state index in [9.17, 15) is 19.8 Å². The third-order valence-electron chi connectivity index (χ3n) is 7.30. The third-order valence-corrected chi connectivity index (χ3v) is 7.30. The Morgan fingerprint density at radius 3 is 1.18 bits per heavy atom. The van der Waals surface area contributed by atoms with Crippen molar-refractivity contribution < 1.29 is 38.0 Å². The van der Waals surface area contributed by atoms with Gasteiger partial charge in [0.25, 0.3) is 0 Å². The molecule has 0 aliphatic carbocycles. The van der Waals surface area contributed by atoms with Crippen LogP contribution in [0.5, 0.6) is 34.5 Å². The molecule has 10 nitrogen and oxygen atoms in total. The van der Waals surface area contributed by atoms with Crippen molar-refractivity contribution >= 4 is 21.9 Å². The molecule has 2 aromatic heterocycles. The molecule has 10 heteroatoms. The molecule has 0 fully saturated rings. The maximum Gasteiger partial charge on any atom is 0.204 e. The van der Waals surface area contributed by atoms with Crippen LogP contribution in [-0.4, -0.2) is 38.7 Å². The zero-order chi connectivity index (χ0) is 31.1. The lowest BCUT2D eigenvalue weighted by Crippen LogP contribution is -2.08. The second-order valence-electron chi connectivity index (χ2n) is 9.67. The highest BCUT2D eigenvalue weighted by Gasteiger charge is 2.33. The van der Waals surface area contributed by atoms with Gasteiger partial charge in [-0.3, -0.25) is 9.59 Å². The van der Waals surface area contributed by atoms with Gasteiger partial charge in [0.05, 0.1) is 39.6 Å². The lowest BCUT2D eigenvalue weighted by atomic mass is 9.95. The van der Waals surface area contributed by atoms with Gasteiger partial charge in [-0.05, 0) is 0 Å². The molecule has 0 radical (unpaired) electrons. The Morgan fingerprint density at radius 2 is 0.864 bits per heavy atom. The number of phenols is 2. The van der Waals surface area contributed by atoms with Crippen LogP contribution in [0.2, 0.25) is 0 Å². The van der Waals surface area contributed by atoms with Gasteiger partial charge in [-0.1, -0.05) is 60.7 Å². The molecule has 0 unspecified atom stereocenters. The predicted octanol–water partition coefficient (Wildman–Crippen LogP) is 6.35. The minimum absolute atomic E-state index is 0.0827. The maximum absolute atomic E-state index is 13.7. The molecular weight excluding hydrogens is 568 g/mol. The van der Waals surface area contributed by atoms with E-state index in [0.717, 1.165) is 0 Å². The number of hydrogen-bond acceptors (Lipinski definition) is 10. The lowest BCUT2D eigenvalue weighted by Gasteiger charge is -2.20. The van der Waals surface area contributed by atoms with Crippen LogP contribution in [0.25, 0.3) is 55.7 Å². The van der Waals surface area contributed by atoms with Crippen molar-refractivity contribution in [3.05, 3.63) is 93.2 Å². The Morgan fingerprint density at radius 1 is 0.523 bits per heavy atom. The van der Waals surface area contributed by atoms with Crippen molar-refractivity contribution in [3.8, 4) is 68.3 Å². The smallest absolute Gasteiger partial charge is 0.204 e. The Labute approximate surface area is 249 Å². The van der Waals surface area contributed by atoms with Gasteiger partial charge in [-0.25, -0.2) is 0 Å². The summed E-state index contributed by atoms with van der Waals surface area (Å²) in [4.78, 5) is 27.4. The number of aromatic hydroxyl groups is 2. The molecule has 0 bridgehead atoms. The van der Waals surface area contributed by atoms with Crippen molar-refractivity contribution in [1.29, 1.82) is 0 Å². The molecule has 0 aliphatic rings. The molecule has 2 N–H and O–H groups in total. The Balaban J connectivity index is 1.88. The first-order chi connectivity index (χ1) is 21.3. The lowest BCUT2D eigenvalue weighted by molar-refractivity contribution is 0.333. The molecule has 0 aliphatic heterocycles. The molecule has 0 amide bonds. The van der Waals surface area contributed by atoms with E-state index in [1.165, 1.54) is 40.6 Å². The van der Waals surface area contributed by atoms with Crippen molar-refractivity contribution in [1.82, 2.24) is 0 Å². The second kappa shape index (κ2) is 11.1. The number of phenolic OH excluding ortho intramolecular Hbond substituents is 2. The van der Waals surface area contributed by atoms with Crippen molar-refractivity contribution in [3.63, 3.8) is 0 Å². The van der Waals surface area contributed by atoms with Gasteiger partial charge in [0.1, 0.15) is 22.3 Å². The summed E-state index contributed by atoms with van der Waals surface area (Å²) in [5.41, 5.74) is -0.619. The molecule has 0 atom stereocenters. The van der Waals surface area contributed by atoms with Gasteiger partial charge in [0, 0.05) is 23.3 Å². The zero-order valence-corrected chi connectivity index (χ0v) is 24.1. The number of fused-ring (bicyclic) bond motifs is 2. The van der Waals surface area contributed by atoms with E-state index in [2.05, 4.69) is 0 Å². The Kier molecular flexibility index (Phi) is 7.10. The Hall–Kier alpha value is -5.90. The van der Waals surface area contributed by atoms with E-state index in [0.29, 0.717) is 11.1 Å². The van der Waals surface area contributed by atoms with E-state index in [-0.39, 0.29) is 67.6 Å². The molecule has 4 aromatic carbocycles. The van der Waals surface area contributed by atoms with Crippen LogP contribution < -0.4 is 29.8 Å². The molecule has 0 saturated carbocycles.